The van der Waals surface area contributed by atoms with Gasteiger partial charge >= 0.3 is 0 Å². The molecule has 0 fully saturated rings. The molecule has 0 spiro atoms. The minimum Gasteiger partial charge on any atom is -0.318 e. The van der Waals surface area contributed by atoms with E-state index >= 15 is 0 Å². The number of aromatic nitrogens is 2. The van der Waals surface area contributed by atoms with Gasteiger partial charge in [0.25, 0.3) is 0 Å². The van der Waals surface area contributed by atoms with E-state index in [1.54, 1.807) is 6.07 Å². The smallest absolute Gasteiger partial charge is 0.149 e. The third-order valence-corrected chi connectivity index (χ3v) is 4.91. The van der Waals surface area contributed by atoms with Gasteiger partial charge in [-0.1, -0.05) is 77.0 Å². The Morgan fingerprint density at radius 2 is 1.71 bits per heavy atom. The Hall–Kier alpha value is -1.46. The first-order chi connectivity index (χ1) is 10.2. The van der Waals surface area contributed by atoms with E-state index in [1.165, 1.54) is 11.3 Å². The van der Waals surface area contributed by atoms with Crippen LogP contribution < -0.4 is 5.73 Å². The maximum Gasteiger partial charge on any atom is 0.149 e. The Kier molecular flexibility index (Phi) is 4.22. The second-order valence-corrected chi connectivity index (χ2v) is 6.23. The molecule has 3 rings (SSSR count). The van der Waals surface area contributed by atoms with Gasteiger partial charge in [-0.3, -0.25) is 0 Å². The van der Waals surface area contributed by atoms with E-state index in [0.29, 0.717) is 15.1 Å². The first kappa shape index (κ1) is 14.5. The highest BCUT2D eigenvalue weighted by atomic mass is 35.5. The minimum atomic E-state index is -0.296. The van der Waals surface area contributed by atoms with E-state index in [1.807, 2.05) is 42.5 Å². The van der Waals surface area contributed by atoms with Crippen LogP contribution in [0.1, 0.15) is 16.6 Å². The van der Waals surface area contributed by atoms with Crippen molar-refractivity contribution in [1.82, 2.24) is 10.2 Å². The average molecular weight is 336 g/mol. The predicted octanol–water partition coefficient (Wildman–Crippen LogP) is 4.56. The highest BCUT2D eigenvalue weighted by Gasteiger charge is 2.17. The van der Waals surface area contributed by atoms with Crippen molar-refractivity contribution in [2.45, 2.75) is 6.04 Å². The van der Waals surface area contributed by atoms with E-state index < -0.39 is 0 Å². The quantitative estimate of drug-likeness (QED) is 0.763. The Labute approximate surface area is 136 Å². The van der Waals surface area contributed by atoms with Crippen molar-refractivity contribution < 1.29 is 0 Å². The molecule has 0 radical (unpaired) electrons. The van der Waals surface area contributed by atoms with Crippen LogP contribution in [0, 0.1) is 0 Å². The molecule has 106 valence electrons. The molecule has 0 aliphatic rings. The lowest BCUT2D eigenvalue weighted by Crippen LogP contribution is -2.11. The van der Waals surface area contributed by atoms with Crippen LogP contribution in [0.25, 0.3) is 10.6 Å². The molecule has 1 heterocycles. The molecule has 2 aromatic carbocycles. The first-order valence-corrected chi connectivity index (χ1v) is 7.82. The molecular formula is C15H11Cl2N3S. The molecule has 0 amide bonds. The molecule has 2 N–H and O–H groups in total. The topological polar surface area (TPSA) is 51.8 Å². The van der Waals surface area contributed by atoms with Crippen molar-refractivity contribution in [1.29, 1.82) is 0 Å². The molecule has 0 saturated carbocycles. The Morgan fingerprint density at radius 3 is 2.48 bits per heavy atom. The molecule has 6 heteroatoms. The van der Waals surface area contributed by atoms with Gasteiger partial charge in [0.05, 0.1) is 16.1 Å². The monoisotopic (exact) mass is 335 g/mol. The lowest BCUT2D eigenvalue weighted by atomic mass is 10.1. The van der Waals surface area contributed by atoms with Crippen LogP contribution in [0.4, 0.5) is 0 Å². The molecule has 1 atom stereocenters. The molecule has 0 bridgehead atoms. The van der Waals surface area contributed by atoms with Crippen LogP contribution in [-0.2, 0) is 0 Å². The van der Waals surface area contributed by atoms with Gasteiger partial charge in [-0.15, -0.1) is 10.2 Å². The van der Waals surface area contributed by atoms with E-state index in [4.69, 9.17) is 28.9 Å². The Bertz CT molecular complexity index is 759. The second kappa shape index (κ2) is 6.12. The maximum absolute atomic E-state index is 6.22. The van der Waals surface area contributed by atoms with Crippen LogP contribution in [0.15, 0.2) is 48.5 Å². The van der Waals surface area contributed by atoms with Crippen molar-refractivity contribution in [3.05, 3.63) is 69.1 Å². The predicted molar refractivity (Wildman–Crippen MR) is 87.8 cm³/mol. The lowest BCUT2D eigenvalue weighted by Gasteiger charge is -2.07. The zero-order chi connectivity index (χ0) is 14.8. The number of halogens is 2. The summed E-state index contributed by atoms with van der Waals surface area (Å²) >= 11 is 13.7. The third-order valence-electron chi connectivity index (χ3n) is 3.05. The molecule has 3 aromatic rings. The van der Waals surface area contributed by atoms with Crippen molar-refractivity contribution in [3.63, 3.8) is 0 Å². The largest absolute Gasteiger partial charge is 0.318 e. The average Bonchev–Trinajstić information content (AvgIpc) is 3.00. The van der Waals surface area contributed by atoms with Crippen molar-refractivity contribution >= 4 is 34.5 Å². The fraction of sp³-hybridized carbons (Fsp3) is 0.0667. The van der Waals surface area contributed by atoms with Crippen LogP contribution in [0.2, 0.25) is 10.0 Å². The Morgan fingerprint density at radius 1 is 0.952 bits per heavy atom. The second-order valence-electron chi connectivity index (χ2n) is 4.44. The fourth-order valence-corrected chi connectivity index (χ4v) is 3.29. The molecule has 1 aromatic heterocycles. The molecule has 3 nitrogen and oxygen atoms in total. The van der Waals surface area contributed by atoms with Gasteiger partial charge in [0.1, 0.15) is 10.0 Å². The summed E-state index contributed by atoms with van der Waals surface area (Å²) in [5.74, 6) is 0. The highest BCUT2D eigenvalue weighted by molar-refractivity contribution is 7.14. The van der Waals surface area contributed by atoms with Crippen LogP contribution in [0.5, 0.6) is 0 Å². The van der Waals surface area contributed by atoms with Gasteiger partial charge < -0.3 is 5.73 Å². The number of nitrogens with zero attached hydrogens (tertiary/aromatic N) is 2. The molecule has 0 aliphatic carbocycles. The highest BCUT2D eigenvalue weighted by Crippen LogP contribution is 2.36. The van der Waals surface area contributed by atoms with Crippen molar-refractivity contribution in [3.8, 4) is 10.6 Å². The van der Waals surface area contributed by atoms with Gasteiger partial charge in [0.15, 0.2) is 0 Å². The summed E-state index contributed by atoms with van der Waals surface area (Å²) in [5, 5.41) is 10.8. The lowest BCUT2D eigenvalue weighted by molar-refractivity contribution is 0.831. The van der Waals surface area contributed by atoms with Crippen molar-refractivity contribution in [2.24, 2.45) is 5.73 Å². The number of hydrogen-bond acceptors (Lipinski definition) is 4. The van der Waals surface area contributed by atoms with Crippen LogP contribution in [0.3, 0.4) is 0 Å². The number of rotatable bonds is 3. The maximum atomic E-state index is 6.22. The molecule has 0 saturated heterocycles. The zero-order valence-corrected chi connectivity index (χ0v) is 13.2. The Balaban J connectivity index is 1.95. The molecule has 0 aliphatic heterocycles. The normalized spacial score (nSPS) is 12.3. The van der Waals surface area contributed by atoms with Gasteiger partial charge in [0, 0.05) is 5.56 Å². The van der Waals surface area contributed by atoms with Crippen LogP contribution in [-0.4, -0.2) is 10.2 Å². The summed E-state index contributed by atoms with van der Waals surface area (Å²) in [7, 11) is 0. The minimum absolute atomic E-state index is 0.296. The van der Waals surface area contributed by atoms with E-state index in [2.05, 4.69) is 10.2 Å². The summed E-state index contributed by atoms with van der Waals surface area (Å²) in [4.78, 5) is 0. The third kappa shape index (κ3) is 2.94. The fourth-order valence-electron chi connectivity index (χ4n) is 1.94. The number of nitrogens with two attached hydrogens (primary N) is 1. The van der Waals surface area contributed by atoms with E-state index in [9.17, 15) is 0 Å². The summed E-state index contributed by atoms with van der Waals surface area (Å²) in [6, 6.07) is 14.9. The summed E-state index contributed by atoms with van der Waals surface area (Å²) in [6.07, 6.45) is 0. The standard InChI is InChI=1S/C15H11Cl2N3S/c16-11-8-4-7-10(12(11)17)14-19-20-15(21-14)13(18)9-5-2-1-3-6-9/h1-8,13H,18H2. The van der Waals surface area contributed by atoms with Gasteiger partial charge in [-0.25, -0.2) is 0 Å². The molecule has 1 unspecified atom stereocenters. The van der Waals surface area contributed by atoms with Gasteiger partial charge in [-0.05, 0) is 11.6 Å². The zero-order valence-electron chi connectivity index (χ0n) is 10.8. The SMILES string of the molecule is NC(c1ccccc1)c1nnc(-c2cccc(Cl)c2Cl)s1. The van der Waals surface area contributed by atoms with Crippen LogP contribution >= 0.6 is 34.5 Å². The van der Waals surface area contributed by atoms with Gasteiger partial charge in [-0.2, -0.15) is 0 Å². The van der Waals surface area contributed by atoms with E-state index in [0.717, 1.165) is 16.1 Å². The van der Waals surface area contributed by atoms with Gasteiger partial charge in [0.2, 0.25) is 0 Å². The summed E-state index contributed by atoms with van der Waals surface area (Å²) < 4.78 is 0. The first-order valence-electron chi connectivity index (χ1n) is 6.25. The summed E-state index contributed by atoms with van der Waals surface area (Å²) in [5.41, 5.74) is 7.99. The number of benzene rings is 2. The number of hydrogen-bond donors (Lipinski definition) is 1. The molecular weight excluding hydrogens is 325 g/mol. The summed E-state index contributed by atoms with van der Waals surface area (Å²) in [6.45, 7) is 0. The molecule has 21 heavy (non-hydrogen) atoms. The van der Waals surface area contributed by atoms with Crippen molar-refractivity contribution in [2.75, 3.05) is 0 Å². The van der Waals surface area contributed by atoms with E-state index in [-0.39, 0.29) is 6.04 Å².